The van der Waals surface area contributed by atoms with Crippen LogP contribution in [-0.4, -0.2) is 24.7 Å². The van der Waals surface area contributed by atoms with Gasteiger partial charge in [0.1, 0.15) is 5.52 Å². The van der Waals surface area contributed by atoms with Gasteiger partial charge in [0.2, 0.25) is 5.89 Å². The summed E-state index contributed by atoms with van der Waals surface area (Å²) in [7, 11) is 1.58. The Morgan fingerprint density at radius 2 is 2.12 bits per heavy atom. The summed E-state index contributed by atoms with van der Waals surface area (Å²) in [6.45, 7) is 3.61. The number of nitriles is 2. The second-order valence-corrected chi connectivity index (χ2v) is 5.37. The first-order valence-corrected chi connectivity index (χ1v) is 7.36. The Kier molecular flexibility index (Phi) is 5.18. The van der Waals surface area contributed by atoms with Crippen LogP contribution in [0.3, 0.4) is 0 Å². The number of nitrogens with zero attached hydrogens (tertiary/aromatic N) is 3. The number of carbonyl (C=O) groups is 1. The van der Waals surface area contributed by atoms with Gasteiger partial charge in [0.05, 0.1) is 25.4 Å². The molecule has 0 aliphatic carbocycles. The molecule has 0 bridgehead atoms. The smallest absolute Gasteiger partial charge is 0.323 e. The maximum atomic E-state index is 12.4. The van der Waals surface area contributed by atoms with E-state index in [9.17, 15) is 15.3 Å². The summed E-state index contributed by atoms with van der Waals surface area (Å²) in [6.07, 6.45) is 0. The predicted octanol–water partition coefficient (Wildman–Crippen LogP) is 2.46. The Labute approximate surface area is 139 Å². The van der Waals surface area contributed by atoms with Crippen LogP contribution in [0.15, 0.2) is 22.6 Å². The van der Waals surface area contributed by atoms with Crippen molar-refractivity contribution in [3.63, 3.8) is 0 Å². The molecule has 1 heterocycles. The third kappa shape index (κ3) is 2.94. The van der Waals surface area contributed by atoms with E-state index in [4.69, 9.17) is 13.9 Å². The first-order chi connectivity index (χ1) is 11.5. The zero-order chi connectivity index (χ0) is 17.7. The van der Waals surface area contributed by atoms with Crippen LogP contribution in [0.4, 0.5) is 0 Å². The van der Waals surface area contributed by atoms with Crippen LogP contribution in [0.2, 0.25) is 0 Å². The van der Waals surface area contributed by atoms with Gasteiger partial charge in [0.25, 0.3) is 0 Å². The van der Waals surface area contributed by atoms with E-state index in [0.717, 1.165) is 5.56 Å². The molecule has 1 aromatic heterocycles. The lowest BCUT2D eigenvalue weighted by atomic mass is 9.78. The fraction of sp³-hybridized carbons (Fsp3) is 0.412. The molecule has 124 valence electrons. The topological polar surface area (TPSA) is 109 Å². The van der Waals surface area contributed by atoms with Crippen LogP contribution in [0.5, 0.6) is 0 Å². The first kappa shape index (κ1) is 17.5. The normalized spacial score (nSPS) is 13.2. The average molecular weight is 327 g/mol. The zero-order valence-corrected chi connectivity index (χ0v) is 13.7. The third-order valence-corrected chi connectivity index (χ3v) is 3.74. The van der Waals surface area contributed by atoms with Gasteiger partial charge in [0, 0.05) is 7.11 Å². The lowest BCUT2D eigenvalue weighted by Crippen LogP contribution is -2.41. The molecule has 0 spiro atoms. The Morgan fingerprint density at radius 1 is 1.42 bits per heavy atom. The number of fused-ring (bicyclic) bond motifs is 1. The highest BCUT2D eigenvalue weighted by molar-refractivity contribution is 5.84. The number of ether oxygens (including phenoxy) is 2. The minimum atomic E-state index is -1.61. The minimum absolute atomic E-state index is 0.0152. The number of methoxy groups -OCH3 is 1. The number of rotatable bonds is 6. The molecule has 2 rings (SSSR count). The highest BCUT2D eigenvalue weighted by atomic mass is 16.5. The van der Waals surface area contributed by atoms with E-state index in [1.807, 2.05) is 18.2 Å². The Morgan fingerprint density at radius 3 is 2.71 bits per heavy atom. The van der Waals surface area contributed by atoms with E-state index in [2.05, 4.69) is 4.98 Å². The van der Waals surface area contributed by atoms with Crippen molar-refractivity contribution in [2.45, 2.75) is 25.9 Å². The van der Waals surface area contributed by atoms with Gasteiger partial charge < -0.3 is 13.9 Å². The molecule has 0 radical (unpaired) electrons. The molecule has 0 amide bonds. The van der Waals surface area contributed by atoms with Crippen LogP contribution >= 0.6 is 0 Å². The van der Waals surface area contributed by atoms with Gasteiger partial charge in [-0.2, -0.15) is 10.5 Å². The molecule has 7 heteroatoms. The van der Waals surface area contributed by atoms with E-state index in [-0.39, 0.29) is 12.5 Å². The van der Waals surface area contributed by atoms with E-state index < -0.39 is 17.3 Å². The summed E-state index contributed by atoms with van der Waals surface area (Å²) in [5.41, 5.74) is 0.249. The van der Waals surface area contributed by atoms with Crippen LogP contribution in [0.1, 0.15) is 25.3 Å². The molecule has 1 unspecified atom stereocenters. The van der Waals surface area contributed by atoms with E-state index in [1.165, 1.54) is 6.92 Å². The lowest BCUT2D eigenvalue weighted by molar-refractivity contribution is -0.151. The van der Waals surface area contributed by atoms with Crippen molar-refractivity contribution in [1.29, 1.82) is 10.5 Å². The Hall–Kier alpha value is -2.90. The summed E-state index contributed by atoms with van der Waals surface area (Å²) in [5.74, 6) is -2.02. The second-order valence-electron chi connectivity index (χ2n) is 5.37. The molecule has 0 N–H and O–H groups in total. The number of benzene rings is 1. The van der Waals surface area contributed by atoms with Gasteiger partial charge >= 0.3 is 5.97 Å². The first-order valence-electron chi connectivity index (χ1n) is 7.36. The highest BCUT2D eigenvalue weighted by Crippen LogP contribution is 2.35. The van der Waals surface area contributed by atoms with Crippen molar-refractivity contribution in [2.24, 2.45) is 5.92 Å². The zero-order valence-electron chi connectivity index (χ0n) is 13.7. The summed E-state index contributed by atoms with van der Waals surface area (Å²) in [4.78, 5) is 16.7. The Bertz CT molecular complexity index is 816. The van der Waals surface area contributed by atoms with Crippen LogP contribution in [0, 0.1) is 28.6 Å². The van der Waals surface area contributed by atoms with Crippen molar-refractivity contribution in [2.75, 3.05) is 13.7 Å². The summed E-state index contributed by atoms with van der Waals surface area (Å²) in [5, 5.41) is 18.5. The number of hydrogen-bond acceptors (Lipinski definition) is 7. The second kappa shape index (κ2) is 7.12. The molecule has 0 fully saturated rings. The van der Waals surface area contributed by atoms with E-state index in [1.54, 1.807) is 26.2 Å². The predicted molar refractivity (Wildman–Crippen MR) is 83.4 cm³/mol. The van der Waals surface area contributed by atoms with Gasteiger partial charge in [-0.25, -0.2) is 4.98 Å². The van der Waals surface area contributed by atoms with Crippen molar-refractivity contribution >= 4 is 17.1 Å². The molecule has 0 aliphatic heterocycles. The largest absolute Gasteiger partial charge is 0.465 e. The average Bonchev–Trinajstić information content (AvgIpc) is 3.00. The van der Waals surface area contributed by atoms with Gasteiger partial charge in [0.15, 0.2) is 16.9 Å². The van der Waals surface area contributed by atoms with E-state index >= 15 is 0 Å². The van der Waals surface area contributed by atoms with Crippen LogP contribution in [0.25, 0.3) is 11.1 Å². The van der Waals surface area contributed by atoms with Gasteiger partial charge in [-0.1, -0.05) is 6.07 Å². The molecule has 24 heavy (non-hydrogen) atoms. The number of hydrogen-bond donors (Lipinski definition) is 0. The van der Waals surface area contributed by atoms with Gasteiger partial charge in [-0.15, -0.1) is 0 Å². The van der Waals surface area contributed by atoms with Crippen molar-refractivity contribution in [1.82, 2.24) is 4.98 Å². The van der Waals surface area contributed by atoms with Crippen molar-refractivity contribution in [3.05, 3.63) is 29.7 Å². The fourth-order valence-electron chi connectivity index (χ4n) is 2.35. The van der Waals surface area contributed by atoms with Crippen LogP contribution < -0.4 is 0 Å². The molecular weight excluding hydrogens is 310 g/mol. The molecule has 2 aromatic rings. The third-order valence-electron chi connectivity index (χ3n) is 3.74. The fourth-order valence-corrected chi connectivity index (χ4v) is 2.35. The molecule has 7 nitrogen and oxygen atoms in total. The number of esters is 1. The lowest BCUT2D eigenvalue weighted by Gasteiger charge is -2.24. The molecular formula is C17H17N3O4. The molecule has 0 aliphatic rings. The summed E-state index contributed by atoms with van der Waals surface area (Å²) >= 11 is 0. The summed E-state index contributed by atoms with van der Waals surface area (Å²) < 4.78 is 15.8. The maximum absolute atomic E-state index is 12.4. The monoisotopic (exact) mass is 327 g/mol. The van der Waals surface area contributed by atoms with Crippen LogP contribution in [-0.2, 0) is 26.3 Å². The highest BCUT2D eigenvalue weighted by Gasteiger charge is 2.49. The molecule has 1 atom stereocenters. The Balaban J connectivity index is 2.58. The van der Waals surface area contributed by atoms with Gasteiger partial charge in [-0.05, 0) is 31.5 Å². The SMILES string of the molecule is CCOC(=O)C(C)(c1nc2cc(COC)ccc2o1)C(C#N)C#N. The maximum Gasteiger partial charge on any atom is 0.323 e. The molecule has 0 saturated carbocycles. The number of oxazole rings is 1. The molecule has 0 saturated heterocycles. The minimum Gasteiger partial charge on any atom is -0.465 e. The number of aromatic nitrogens is 1. The number of carbonyl (C=O) groups excluding carboxylic acids is 1. The van der Waals surface area contributed by atoms with Gasteiger partial charge in [-0.3, -0.25) is 4.79 Å². The quantitative estimate of drug-likeness (QED) is 0.749. The summed E-state index contributed by atoms with van der Waals surface area (Å²) in [6, 6.07) is 8.94. The van der Waals surface area contributed by atoms with Crippen molar-refractivity contribution < 1.29 is 18.7 Å². The van der Waals surface area contributed by atoms with Crippen molar-refractivity contribution in [3.8, 4) is 12.1 Å². The standard InChI is InChI=1S/C17H17N3O4/c1-4-23-16(21)17(2,12(8-18)9-19)15-20-13-7-11(10-22-3)5-6-14(13)24-15/h5-7,12H,4,10H2,1-3H3. The van der Waals surface area contributed by atoms with E-state index in [0.29, 0.717) is 17.7 Å². The molecule has 1 aromatic carbocycles.